The fourth-order valence-electron chi connectivity index (χ4n) is 6.33. The fourth-order valence-corrected chi connectivity index (χ4v) is 6.33. The first-order chi connectivity index (χ1) is 22.6. The Morgan fingerprint density at radius 1 is 1.09 bits per heavy atom. The number of hydrogen-bond donors (Lipinski definition) is 4. The molecule has 2 aliphatic heterocycles. The zero-order valence-corrected chi connectivity index (χ0v) is 26.4. The number of hydrogen-bond acceptors (Lipinski definition) is 8. The Morgan fingerprint density at radius 3 is 2.60 bits per heavy atom. The lowest BCUT2D eigenvalue weighted by atomic mass is 9.86. The molecule has 244 valence electrons. The molecule has 0 radical (unpaired) electrons. The predicted octanol–water partition coefficient (Wildman–Crippen LogP) is 4.00. The molecule has 5 N–H and O–H groups in total. The highest BCUT2D eigenvalue weighted by atomic mass is 16.6. The summed E-state index contributed by atoms with van der Waals surface area (Å²) in [6.07, 6.45) is 2.43. The largest absolute Gasteiger partial charge is 0.489 e. The number of nitrogens with zero attached hydrogens (tertiary/aromatic N) is 2. The lowest BCUT2D eigenvalue weighted by Gasteiger charge is -2.31. The number of unbranched alkanes of at least 4 members (excludes halogenated alkanes) is 1. The molecule has 0 saturated carbocycles. The van der Waals surface area contributed by atoms with Crippen LogP contribution < -0.4 is 26.7 Å². The third-order valence-corrected chi connectivity index (χ3v) is 8.90. The van der Waals surface area contributed by atoms with E-state index in [1.807, 2.05) is 42.5 Å². The van der Waals surface area contributed by atoms with E-state index in [2.05, 4.69) is 17.6 Å². The molecule has 0 unspecified atom stereocenters. The van der Waals surface area contributed by atoms with E-state index < -0.39 is 17.6 Å². The van der Waals surface area contributed by atoms with Crippen molar-refractivity contribution < 1.29 is 29.0 Å². The van der Waals surface area contributed by atoms with Gasteiger partial charge in [0, 0.05) is 35.2 Å². The molecule has 6 rings (SSSR count). The van der Waals surface area contributed by atoms with Gasteiger partial charge in [-0.15, -0.1) is 0 Å². The van der Waals surface area contributed by atoms with Crippen LogP contribution >= 0.6 is 0 Å². The maximum absolute atomic E-state index is 13.6. The maximum atomic E-state index is 13.6. The summed E-state index contributed by atoms with van der Waals surface area (Å²) < 4.78 is 13.0. The van der Waals surface area contributed by atoms with Crippen LogP contribution in [-0.2, 0) is 46.1 Å². The van der Waals surface area contributed by atoms with Crippen molar-refractivity contribution >= 4 is 34.5 Å². The van der Waals surface area contributed by atoms with Crippen LogP contribution in [0, 0.1) is 0 Å². The lowest BCUT2D eigenvalue weighted by molar-refractivity contribution is -0.172. The maximum Gasteiger partial charge on any atom is 0.343 e. The van der Waals surface area contributed by atoms with Gasteiger partial charge in [0.2, 0.25) is 5.91 Å². The first kappa shape index (κ1) is 31.7. The summed E-state index contributed by atoms with van der Waals surface area (Å²) in [6, 6.07) is 14.3. The Labute approximate surface area is 270 Å². The van der Waals surface area contributed by atoms with Crippen molar-refractivity contribution in [2.45, 2.75) is 71.3 Å². The summed E-state index contributed by atoms with van der Waals surface area (Å²) in [7, 11) is 0. The molecule has 4 aromatic rings. The van der Waals surface area contributed by atoms with Crippen LogP contribution in [0.2, 0.25) is 0 Å². The quantitative estimate of drug-likeness (QED) is 0.124. The minimum absolute atomic E-state index is 0.0868. The number of nitrogens with one attached hydrogen (secondary N) is 2. The first-order valence-electron chi connectivity index (χ1n) is 15.8. The standard InChI is InChI=1S/C35H37N5O7/c1-3-23-24-15-22(46-18-20-8-10-21(11-9-20)38-30(41)7-5-6-14-37-34(36)44)12-13-28(24)39-31-25(23)17-40-29(31)16-27-26(32(40)42)19-47-33(43)35(27,45)4-2/h8-13,15-16,45H,3-7,14,17-19H2,1-2H3,(H,38,41)(H3,36,37,44)/t35-/m0/s1. The number of esters is 1. The Bertz CT molecular complexity index is 1950. The third kappa shape index (κ3) is 6.03. The van der Waals surface area contributed by atoms with E-state index in [1.54, 1.807) is 17.6 Å². The number of aliphatic hydroxyl groups is 1. The van der Waals surface area contributed by atoms with Crippen molar-refractivity contribution in [3.8, 4) is 17.1 Å². The average Bonchev–Trinajstić information content (AvgIpc) is 3.43. The summed E-state index contributed by atoms with van der Waals surface area (Å²) in [6.45, 7) is 4.67. The van der Waals surface area contributed by atoms with Crippen molar-refractivity contribution in [3.63, 3.8) is 0 Å². The number of urea groups is 1. The molecule has 0 saturated heterocycles. The Morgan fingerprint density at radius 2 is 1.87 bits per heavy atom. The van der Waals surface area contributed by atoms with Gasteiger partial charge in [0.05, 0.1) is 29.0 Å². The second-order valence-corrected chi connectivity index (χ2v) is 11.8. The van der Waals surface area contributed by atoms with E-state index in [0.717, 1.165) is 27.6 Å². The van der Waals surface area contributed by atoms with E-state index in [9.17, 15) is 24.3 Å². The highest BCUT2D eigenvalue weighted by Crippen LogP contribution is 2.40. The number of nitrogens with two attached hydrogens (primary N) is 1. The molecule has 0 aliphatic carbocycles. The molecule has 12 nitrogen and oxygen atoms in total. The van der Waals surface area contributed by atoms with Gasteiger partial charge >= 0.3 is 12.0 Å². The number of carbonyl (C=O) groups excluding carboxylic acids is 3. The second-order valence-electron chi connectivity index (χ2n) is 11.8. The molecule has 2 aromatic heterocycles. The highest BCUT2D eigenvalue weighted by Gasteiger charge is 2.45. The number of pyridine rings is 2. The van der Waals surface area contributed by atoms with E-state index in [4.69, 9.17) is 20.2 Å². The smallest absolute Gasteiger partial charge is 0.343 e. The molecule has 2 aromatic carbocycles. The number of rotatable bonds is 11. The molecule has 0 bridgehead atoms. The fraction of sp³-hybridized carbons (Fsp3) is 0.343. The molecule has 12 heteroatoms. The molecule has 47 heavy (non-hydrogen) atoms. The van der Waals surface area contributed by atoms with Crippen LogP contribution in [0.15, 0.2) is 53.3 Å². The normalized spacial score (nSPS) is 16.2. The molecule has 0 fully saturated rings. The lowest BCUT2D eigenvalue weighted by Crippen LogP contribution is -2.44. The summed E-state index contributed by atoms with van der Waals surface area (Å²) >= 11 is 0. The highest BCUT2D eigenvalue weighted by molar-refractivity contribution is 5.91. The van der Waals surface area contributed by atoms with Gasteiger partial charge in [-0.25, -0.2) is 14.6 Å². The van der Waals surface area contributed by atoms with Crippen LogP contribution in [0.25, 0.3) is 22.3 Å². The molecule has 2 aliphatic rings. The van der Waals surface area contributed by atoms with E-state index in [-0.39, 0.29) is 24.5 Å². The topological polar surface area (TPSA) is 175 Å². The van der Waals surface area contributed by atoms with Gasteiger partial charge in [0.15, 0.2) is 5.60 Å². The second kappa shape index (κ2) is 12.9. The summed E-state index contributed by atoms with van der Waals surface area (Å²) in [5, 5.41) is 17.5. The van der Waals surface area contributed by atoms with Gasteiger partial charge in [-0.3, -0.25) is 9.59 Å². The number of fused-ring (bicyclic) bond motifs is 5. The monoisotopic (exact) mass is 639 g/mol. The minimum Gasteiger partial charge on any atom is -0.489 e. The number of benzene rings is 2. The summed E-state index contributed by atoms with van der Waals surface area (Å²) in [5.74, 6) is -0.176. The third-order valence-electron chi connectivity index (χ3n) is 8.90. The molecular weight excluding hydrogens is 602 g/mol. The Kier molecular flexibility index (Phi) is 8.69. The van der Waals surface area contributed by atoms with Crippen LogP contribution in [0.3, 0.4) is 0 Å². The molecule has 0 spiro atoms. The van der Waals surface area contributed by atoms with Crippen LogP contribution in [0.1, 0.15) is 67.3 Å². The average molecular weight is 640 g/mol. The number of ether oxygens (including phenoxy) is 2. The van der Waals surface area contributed by atoms with Gasteiger partial charge in [-0.05, 0) is 73.2 Å². The van der Waals surface area contributed by atoms with E-state index >= 15 is 0 Å². The van der Waals surface area contributed by atoms with Crippen molar-refractivity contribution in [2.75, 3.05) is 11.9 Å². The van der Waals surface area contributed by atoms with Crippen LogP contribution in [-0.4, -0.2) is 39.1 Å². The van der Waals surface area contributed by atoms with E-state index in [1.165, 1.54) is 0 Å². The summed E-state index contributed by atoms with van der Waals surface area (Å²) in [4.78, 5) is 54.0. The van der Waals surface area contributed by atoms with Gasteiger partial charge < -0.3 is 35.5 Å². The van der Waals surface area contributed by atoms with Gasteiger partial charge in [-0.2, -0.15) is 0 Å². The number of aryl methyl sites for hydroxylation is 1. The SMILES string of the molecule is CCc1c2c(nc3ccc(OCc4ccc(NC(=O)CCCCNC(N)=O)cc4)cc13)-c1cc3c(c(=O)n1C2)COC(=O)[C@]3(O)CC. The minimum atomic E-state index is -1.87. The van der Waals surface area contributed by atoms with Gasteiger partial charge in [0.25, 0.3) is 5.56 Å². The zero-order chi connectivity index (χ0) is 33.3. The molecular formula is C35H37N5O7. The summed E-state index contributed by atoms with van der Waals surface area (Å²) in [5.41, 5.74) is 9.08. The number of carbonyl (C=O) groups is 3. The van der Waals surface area contributed by atoms with Crippen LogP contribution in [0.5, 0.6) is 5.75 Å². The van der Waals surface area contributed by atoms with E-state index in [0.29, 0.717) is 79.3 Å². The van der Waals surface area contributed by atoms with Gasteiger partial charge in [-0.1, -0.05) is 26.0 Å². The van der Waals surface area contributed by atoms with Crippen LogP contribution in [0.4, 0.5) is 10.5 Å². The Balaban J connectivity index is 1.17. The Hall–Kier alpha value is -5.23. The van der Waals surface area contributed by atoms with Gasteiger partial charge in [0.1, 0.15) is 19.0 Å². The number of primary amides is 1. The van der Waals surface area contributed by atoms with Crippen molar-refractivity contribution in [1.29, 1.82) is 0 Å². The van der Waals surface area contributed by atoms with Crippen molar-refractivity contribution in [2.24, 2.45) is 5.73 Å². The predicted molar refractivity (Wildman–Crippen MR) is 175 cm³/mol. The number of amides is 3. The first-order valence-corrected chi connectivity index (χ1v) is 15.8. The zero-order valence-electron chi connectivity index (χ0n) is 26.4. The van der Waals surface area contributed by atoms with Crippen molar-refractivity contribution in [3.05, 3.63) is 86.7 Å². The number of cyclic esters (lactones) is 1. The molecule has 3 amide bonds. The molecule has 1 atom stereocenters. The van der Waals surface area contributed by atoms with Crippen molar-refractivity contribution in [1.82, 2.24) is 14.9 Å². The number of anilines is 1. The molecule has 4 heterocycles. The number of aromatic nitrogens is 2.